The summed E-state index contributed by atoms with van der Waals surface area (Å²) in [6.07, 6.45) is 0. The number of nitrogens with zero attached hydrogens (tertiary/aromatic N) is 1. The predicted octanol–water partition coefficient (Wildman–Crippen LogP) is 13.9. The lowest BCUT2D eigenvalue weighted by molar-refractivity contribution is 0.669. The second-order valence-electron chi connectivity index (χ2n) is 12.6. The molecule has 0 fully saturated rings. The van der Waals surface area contributed by atoms with Gasteiger partial charge in [0.05, 0.1) is 0 Å². The van der Waals surface area contributed by atoms with E-state index in [0.29, 0.717) is 0 Å². The minimum atomic E-state index is 0.878. The molecular formula is C46H29NOS. The highest BCUT2D eigenvalue weighted by Crippen LogP contribution is 2.41. The highest BCUT2D eigenvalue weighted by atomic mass is 32.1. The van der Waals surface area contributed by atoms with Crippen LogP contribution in [0.4, 0.5) is 17.1 Å². The average molecular weight is 644 g/mol. The van der Waals surface area contributed by atoms with Crippen LogP contribution < -0.4 is 4.90 Å². The highest BCUT2D eigenvalue weighted by Gasteiger charge is 2.17. The summed E-state index contributed by atoms with van der Waals surface area (Å²) in [6.45, 7) is 0. The van der Waals surface area contributed by atoms with Crippen LogP contribution in [0, 0.1) is 0 Å². The van der Waals surface area contributed by atoms with Gasteiger partial charge in [0.1, 0.15) is 11.2 Å². The van der Waals surface area contributed by atoms with E-state index in [4.69, 9.17) is 4.42 Å². The molecule has 0 aliphatic rings. The smallest absolute Gasteiger partial charge is 0.137 e. The van der Waals surface area contributed by atoms with E-state index in [9.17, 15) is 0 Å². The maximum atomic E-state index is 6.34. The van der Waals surface area contributed by atoms with Crippen molar-refractivity contribution >= 4 is 81.3 Å². The molecule has 0 aliphatic carbocycles. The zero-order valence-corrected chi connectivity index (χ0v) is 27.3. The molecular weight excluding hydrogens is 615 g/mol. The monoisotopic (exact) mass is 643 g/mol. The minimum Gasteiger partial charge on any atom is -0.456 e. The molecule has 0 amide bonds. The van der Waals surface area contributed by atoms with Crippen LogP contribution in [0.25, 0.3) is 75.1 Å². The Balaban J connectivity index is 1.07. The van der Waals surface area contributed by atoms with Crippen molar-refractivity contribution in [1.82, 2.24) is 0 Å². The van der Waals surface area contributed by atoms with E-state index in [2.05, 4.69) is 169 Å². The molecule has 0 N–H and O–H groups in total. The third-order valence-electron chi connectivity index (χ3n) is 9.63. The molecule has 0 unspecified atom stereocenters. The van der Waals surface area contributed by atoms with Crippen LogP contribution in [0.2, 0.25) is 0 Å². The molecule has 10 aromatic rings. The first kappa shape index (κ1) is 27.9. The largest absolute Gasteiger partial charge is 0.456 e. The van der Waals surface area contributed by atoms with Gasteiger partial charge < -0.3 is 9.32 Å². The van der Waals surface area contributed by atoms with Crippen molar-refractivity contribution in [3.05, 3.63) is 176 Å². The Hall–Kier alpha value is -6.16. The van der Waals surface area contributed by atoms with Crippen molar-refractivity contribution in [1.29, 1.82) is 0 Å². The Morgan fingerprint density at radius 3 is 1.92 bits per heavy atom. The van der Waals surface area contributed by atoms with E-state index in [-0.39, 0.29) is 0 Å². The van der Waals surface area contributed by atoms with Crippen molar-refractivity contribution in [2.75, 3.05) is 4.90 Å². The van der Waals surface area contributed by atoms with Crippen LogP contribution in [-0.4, -0.2) is 0 Å². The molecule has 0 spiro atoms. The Kier molecular flexibility index (Phi) is 6.39. The van der Waals surface area contributed by atoms with Gasteiger partial charge in [0.25, 0.3) is 0 Å². The fraction of sp³-hybridized carbons (Fsp3) is 0. The van der Waals surface area contributed by atoms with Crippen LogP contribution >= 0.6 is 11.3 Å². The van der Waals surface area contributed by atoms with Gasteiger partial charge in [-0.25, -0.2) is 0 Å². The third-order valence-corrected chi connectivity index (χ3v) is 10.8. The number of hydrogen-bond donors (Lipinski definition) is 0. The third kappa shape index (κ3) is 4.78. The summed E-state index contributed by atoms with van der Waals surface area (Å²) in [6, 6.07) is 63.3. The molecule has 0 atom stereocenters. The van der Waals surface area contributed by atoms with Gasteiger partial charge in [-0.2, -0.15) is 0 Å². The molecule has 230 valence electrons. The molecule has 8 aromatic carbocycles. The number of anilines is 3. The first-order chi connectivity index (χ1) is 24.2. The summed E-state index contributed by atoms with van der Waals surface area (Å²) in [5, 5.41) is 7.46. The number of rotatable bonds is 5. The maximum Gasteiger partial charge on any atom is 0.137 e. The highest BCUT2D eigenvalue weighted by molar-refractivity contribution is 7.25. The number of benzene rings is 8. The normalized spacial score (nSPS) is 11.7. The Bertz CT molecular complexity index is 2830. The zero-order valence-electron chi connectivity index (χ0n) is 26.5. The Morgan fingerprint density at radius 1 is 0.347 bits per heavy atom. The van der Waals surface area contributed by atoms with Gasteiger partial charge >= 0.3 is 0 Å². The van der Waals surface area contributed by atoms with E-state index >= 15 is 0 Å². The second-order valence-corrected chi connectivity index (χ2v) is 13.7. The molecule has 2 heterocycles. The van der Waals surface area contributed by atoms with Crippen LogP contribution in [0.1, 0.15) is 0 Å². The molecule has 0 saturated carbocycles. The summed E-state index contributed by atoms with van der Waals surface area (Å²) in [7, 11) is 0. The molecule has 0 aliphatic heterocycles. The van der Waals surface area contributed by atoms with Crippen molar-refractivity contribution in [2.45, 2.75) is 0 Å². The van der Waals surface area contributed by atoms with Crippen molar-refractivity contribution in [3.8, 4) is 22.3 Å². The van der Waals surface area contributed by atoms with Gasteiger partial charge in [-0.1, -0.05) is 103 Å². The summed E-state index contributed by atoms with van der Waals surface area (Å²) in [5.41, 5.74) is 9.75. The van der Waals surface area contributed by atoms with Gasteiger partial charge in [0.15, 0.2) is 0 Å². The number of hydrogen-bond acceptors (Lipinski definition) is 3. The van der Waals surface area contributed by atoms with E-state index in [1.165, 1.54) is 53.2 Å². The number of para-hydroxylation sites is 1. The van der Waals surface area contributed by atoms with Gasteiger partial charge in [-0.3, -0.25) is 0 Å². The topological polar surface area (TPSA) is 16.4 Å². The summed E-state index contributed by atoms with van der Waals surface area (Å²) >= 11 is 1.87. The van der Waals surface area contributed by atoms with Crippen LogP contribution in [0.3, 0.4) is 0 Å². The Labute approximate surface area is 287 Å². The van der Waals surface area contributed by atoms with E-state index in [1.807, 2.05) is 23.5 Å². The summed E-state index contributed by atoms with van der Waals surface area (Å²) in [4.78, 5) is 2.32. The summed E-state index contributed by atoms with van der Waals surface area (Å²) < 4.78 is 9.00. The molecule has 2 aromatic heterocycles. The van der Waals surface area contributed by atoms with Gasteiger partial charge in [-0.05, 0) is 99.8 Å². The molecule has 2 nitrogen and oxygen atoms in total. The number of thiophene rings is 1. The molecule has 0 saturated heterocycles. The lowest BCUT2D eigenvalue weighted by Crippen LogP contribution is -2.10. The standard InChI is InChI=1S/C46H29NOS/c1-2-9-30(10-3-1)32-11-8-12-37(26-32)47(38-23-24-40-39-13-4-6-15-43(39)48-44(40)29-38)36-21-19-31(20-22-36)33-17-18-34-27-42-41-14-5-7-16-45(41)49-46(42)28-35(34)25-33/h1-29H. The van der Waals surface area contributed by atoms with Crippen molar-refractivity contribution in [3.63, 3.8) is 0 Å². The SMILES string of the molecule is c1ccc(-c2cccc(N(c3ccc(-c4ccc5cc6c(cc5c4)sc4ccccc46)cc3)c3ccc4c(c3)oc3ccccc34)c2)cc1. The summed E-state index contributed by atoms with van der Waals surface area (Å²) in [5.74, 6) is 0. The predicted molar refractivity (Wildman–Crippen MR) is 210 cm³/mol. The molecule has 10 rings (SSSR count). The van der Waals surface area contributed by atoms with E-state index in [0.717, 1.165) is 39.0 Å². The Morgan fingerprint density at radius 2 is 1.02 bits per heavy atom. The molecule has 49 heavy (non-hydrogen) atoms. The zero-order chi connectivity index (χ0) is 32.3. The van der Waals surface area contributed by atoms with Crippen LogP contribution in [0.5, 0.6) is 0 Å². The number of fused-ring (bicyclic) bond motifs is 7. The van der Waals surface area contributed by atoms with E-state index in [1.54, 1.807) is 0 Å². The van der Waals surface area contributed by atoms with Crippen molar-refractivity contribution < 1.29 is 4.42 Å². The van der Waals surface area contributed by atoms with Gasteiger partial charge in [-0.15, -0.1) is 11.3 Å². The van der Waals surface area contributed by atoms with Gasteiger partial charge in [0.2, 0.25) is 0 Å². The quantitative estimate of drug-likeness (QED) is 0.186. The van der Waals surface area contributed by atoms with Gasteiger partial charge in [0, 0.05) is 54.1 Å². The van der Waals surface area contributed by atoms with E-state index < -0.39 is 0 Å². The van der Waals surface area contributed by atoms with Crippen molar-refractivity contribution in [2.24, 2.45) is 0 Å². The fourth-order valence-electron chi connectivity index (χ4n) is 7.21. The maximum absolute atomic E-state index is 6.34. The first-order valence-corrected chi connectivity index (χ1v) is 17.4. The van der Waals surface area contributed by atoms with Crippen LogP contribution in [0.15, 0.2) is 180 Å². The fourth-order valence-corrected chi connectivity index (χ4v) is 8.34. The average Bonchev–Trinajstić information content (AvgIpc) is 3.72. The lowest BCUT2D eigenvalue weighted by Gasteiger charge is -2.26. The first-order valence-electron chi connectivity index (χ1n) is 16.6. The molecule has 0 radical (unpaired) electrons. The molecule has 3 heteroatoms. The van der Waals surface area contributed by atoms with Crippen LogP contribution in [-0.2, 0) is 0 Å². The number of furan rings is 1. The lowest BCUT2D eigenvalue weighted by atomic mass is 9.99. The minimum absolute atomic E-state index is 0.878. The molecule has 0 bridgehead atoms. The second kappa shape index (κ2) is 11.2.